The number of methoxy groups -OCH3 is 2. The fraction of sp³-hybridized carbons (Fsp3) is 0.154. The van der Waals surface area contributed by atoms with Crippen molar-refractivity contribution in [2.75, 3.05) is 25.7 Å². The molecule has 1 amide bonds. The third-order valence-corrected chi connectivity index (χ3v) is 5.76. The second-order valence-electron chi connectivity index (χ2n) is 7.57. The van der Waals surface area contributed by atoms with Crippen LogP contribution in [0, 0.1) is 0 Å². The molecular weight excluding hydrogens is 402 g/mol. The van der Waals surface area contributed by atoms with E-state index in [1.807, 2.05) is 71.6 Å². The molecule has 0 aliphatic carbocycles. The van der Waals surface area contributed by atoms with Gasteiger partial charge in [-0.2, -0.15) is 5.10 Å². The molecule has 5 rings (SSSR count). The van der Waals surface area contributed by atoms with Crippen LogP contribution in [-0.4, -0.2) is 36.5 Å². The van der Waals surface area contributed by atoms with E-state index in [1.165, 1.54) is 5.56 Å². The Morgan fingerprint density at radius 1 is 0.938 bits per heavy atom. The van der Waals surface area contributed by atoms with E-state index in [0.29, 0.717) is 34.9 Å². The van der Waals surface area contributed by atoms with Gasteiger partial charge < -0.3 is 14.4 Å². The summed E-state index contributed by atoms with van der Waals surface area (Å²) >= 11 is 0. The molecule has 1 aromatic heterocycles. The van der Waals surface area contributed by atoms with Crippen molar-refractivity contribution < 1.29 is 14.3 Å². The van der Waals surface area contributed by atoms with E-state index in [0.717, 1.165) is 17.8 Å². The van der Waals surface area contributed by atoms with Gasteiger partial charge in [-0.3, -0.25) is 4.79 Å². The molecule has 1 aliphatic rings. The second kappa shape index (κ2) is 8.23. The summed E-state index contributed by atoms with van der Waals surface area (Å²) in [6, 6.07) is 23.3. The first-order chi connectivity index (χ1) is 15.7. The molecule has 0 radical (unpaired) electrons. The average Bonchev–Trinajstić information content (AvgIpc) is 3.49. The average molecular weight is 425 g/mol. The zero-order valence-corrected chi connectivity index (χ0v) is 18.0. The summed E-state index contributed by atoms with van der Waals surface area (Å²) in [4.78, 5) is 15.6. The van der Waals surface area contributed by atoms with E-state index in [4.69, 9.17) is 14.6 Å². The Kier molecular flexibility index (Phi) is 5.11. The van der Waals surface area contributed by atoms with Crippen molar-refractivity contribution in [3.05, 3.63) is 90.1 Å². The second-order valence-corrected chi connectivity index (χ2v) is 7.57. The van der Waals surface area contributed by atoms with E-state index in [-0.39, 0.29) is 5.91 Å². The zero-order valence-electron chi connectivity index (χ0n) is 18.0. The van der Waals surface area contributed by atoms with E-state index >= 15 is 0 Å². The number of para-hydroxylation sites is 2. The molecule has 1 aliphatic heterocycles. The number of hydrogen-bond acceptors (Lipinski definition) is 4. The molecule has 160 valence electrons. The largest absolute Gasteiger partial charge is 0.497 e. The van der Waals surface area contributed by atoms with E-state index in [2.05, 4.69) is 6.07 Å². The first-order valence-electron chi connectivity index (χ1n) is 10.5. The molecule has 0 saturated carbocycles. The van der Waals surface area contributed by atoms with Gasteiger partial charge in [-0.25, -0.2) is 4.68 Å². The minimum atomic E-state index is -0.0861. The molecule has 32 heavy (non-hydrogen) atoms. The first kappa shape index (κ1) is 19.9. The van der Waals surface area contributed by atoms with Crippen molar-refractivity contribution in [3.8, 4) is 28.4 Å². The van der Waals surface area contributed by atoms with Gasteiger partial charge in [0.1, 0.15) is 17.2 Å². The lowest BCUT2D eigenvalue weighted by Gasteiger charge is -2.17. The quantitative estimate of drug-likeness (QED) is 0.463. The van der Waals surface area contributed by atoms with Crippen LogP contribution < -0.4 is 14.4 Å². The molecule has 6 nitrogen and oxygen atoms in total. The van der Waals surface area contributed by atoms with Crippen LogP contribution in [0.25, 0.3) is 16.9 Å². The molecular formula is C26H23N3O3. The Morgan fingerprint density at radius 2 is 1.72 bits per heavy atom. The smallest absolute Gasteiger partial charge is 0.262 e. The standard InChI is InChI=1S/C26H23N3O3/c1-31-20-12-13-24(32-2)21(16-20)25-22(17-29(27-25)19-9-4-3-5-10-19)26(30)28-15-14-18-8-6-7-11-23(18)28/h3-13,16-17H,14-15H2,1-2H3. The van der Waals surface area contributed by atoms with Gasteiger partial charge in [0.15, 0.2) is 0 Å². The van der Waals surface area contributed by atoms with Crippen molar-refractivity contribution >= 4 is 11.6 Å². The van der Waals surface area contributed by atoms with E-state index < -0.39 is 0 Å². The number of nitrogens with zero attached hydrogens (tertiary/aromatic N) is 3. The Balaban J connectivity index is 1.67. The predicted octanol–water partition coefficient (Wildman–Crippen LogP) is 4.76. The molecule has 4 aromatic rings. The van der Waals surface area contributed by atoms with Crippen LogP contribution in [0.5, 0.6) is 11.5 Å². The van der Waals surface area contributed by atoms with Crippen LogP contribution in [0.15, 0.2) is 79.0 Å². The highest BCUT2D eigenvalue weighted by atomic mass is 16.5. The highest BCUT2D eigenvalue weighted by molar-refractivity contribution is 6.11. The van der Waals surface area contributed by atoms with Crippen LogP contribution in [0.4, 0.5) is 5.69 Å². The number of anilines is 1. The molecule has 0 saturated heterocycles. The molecule has 0 unspecified atom stereocenters. The summed E-state index contributed by atoms with van der Waals surface area (Å²) in [5.41, 5.74) is 4.77. The highest BCUT2D eigenvalue weighted by Crippen LogP contribution is 2.37. The first-order valence-corrected chi connectivity index (χ1v) is 10.5. The minimum absolute atomic E-state index is 0.0861. The van der Waals surface area contributed by atoms with Crippen molar-refractivity contribution in [2.24, 2.45) is 0 Å². The fourth-order valence-electron chi connectivity index (χ4n) is 4.14. The van der Waals surface area contributed by atoms with Gasteiger partial charge >= 0.3 is 0 Å². The third-order valence-electron chi connectivity index (χ3n) is 5.76. The van der Waals surface area contributed by atoms with Gasteiger partial charge in [0.05, 0.1) is 25.5 Å². The third kappa shape index (κ3) is 3.39. The molecule has 0 bridgehead atoms. The van der Waals surface area contributed by atoms with Gasteiger partial charge in [-0.1, -0.05) is 36.4 Å². The summed E-state index contributed by atoms with van der Waals surface area (Å²) in [5.74, 6) is 1.21. The topological polar surface area (TPSA) is 56.6 Å². The lowest BCUT2D eigenvalue weighted by atomic mass is 10.1. The number of amides is 1. The number of benzene rings is 3. The summed E-state index contributed by atoms with van der Waals surface area (Å²) in [7, 11) is 3.22. The van der Waals surface area contributed by atoms with E-state index in [1.54, 1.807) is 25.1 Å². The maximum absolute atomic E-state index is 13.8. The zero-order chi connectivity index (χ0) is 22.1. The molecule has 0 spiro atoms. The van der Waals surface area contributed by atoms with Crippen LogP contribution in [-0.2, 0) is 6.42 Å². The summed E-state index contributed by atoms with van der Waals surface area (Å²) in [6.07, 6.45) is 2.64. The normalized spacial score (nSPS) is 12.5. The Labute approximate surface area is 186 Å². The number of fused-ring (bicyclic) bond motifs is 1. The maximum atomic E-state index is 13.8. The molecule has 0 N–H and O–H groups in total. The number of hydrogen-bond donors (Lipinski definition) is 0. The summed E-state index contributed by atoms with van der Waals surface area (Å²) in [6.45, 7) is 0.642. The molecule has 6 heteroatoms. The molecule has 0 atom stereocenters. The van der Waals surface area contributed by atoms with Crippen molar-refractivity contribution in [2.45, 2.75) is 6.42 Å². The number of rotatable bonds is 5. The molecule has 0 fully saturated rings. The van der Waals surface area contributed by atoms with Gasteiger partial charge in [0.25, 0.3) is 5.91 Å². The Bertz CT molecular complexity index is 1280. The Hall–Kier alpha value is -4.06. The highest BCUT2D eigenvalue weighted by Gasteiger charge is 2.30. The van der Waals surface area contributed by atoms with Crippen molar-refractivity contribution in [1.82, 2.24) is 9.78 Å². The summed E-state index contributed by atoms with van der Waals surface area (Å²) in [5, 5.41) is 4.82. The van der Waals surface area contributed by atoms with Crippen molar-refractivity contribution in [1.29, 1.82) is 0 Å². The van der Waals surface area contributed by atoms with Crippen LogP contribution >= 0.6 is 0 Å². The Morgan fingerprint density at radius 3 is 2.50 bits per heavy atom. The van der Waals surface area contributed by atoms with Crippen LogP contribution in [0.3, 0.4) is 0 Å². The van der Waals surface area contributed by atoms with Gasteiger partial charge in [0.2, 0.25) is 0 Å². The fourth-order valence-corrected chi connectivity index (χ4v) is 4.14. The maximum Gasteiger partial charge on any atom is 0.262 e. The number of ether oxygens (including phenoxy) is 2. The van der Waals surface area contributed by atoms with Crippen LogP contribution in [0.1, 0.15) is 15.9 Å². The van der Waals surface area contributed by atoms with Crippen LogP contribution in [0.2, 0.25) is 0 Å². The molecule has 3 aromatic carbocycles. The van der Waals surface area contributed by atoms with E-state index in [9.17, 15) is 4.79 Å². The van der Waals surface area contributed by atoms with Gasteiger partial charge in [0, 0.05) is 24.0 Å². The van der Waals surface area contributed by atoms with Gasteiger partial charge in [-0.05, 0) is 48.4 Å². The van der Waals surface area contributed by atoms with Gasteiger partial charge in [-0.15, -0.1) is 0 Å². The summed E-state index contributed by atoms with van der Waals surface area (Å²) < 4.78 is 12.8. The van der Waals surface area contributed by atoms with Crippen molar-refractivity contribution in [3.63, 3.8) is 0 Å². The number of aromatic nitrogens is 2. The lowest BCUT2D eigenvalue weighted by molar-refractivity contribution is 0.0990. The molecule has 2 heterocycles. The monoisotopic (exact) mass is 425 g/mol. The number of carbonyl (C=O) groups is 1. The minimum Gasteiger partial charge on any atom is -0.497 e. The SMILES string of the molecule is COc1ccc(OC)c(-c2nn(-c3ccccc3)cc2C(=O)N2CCc3ccccc32)c1. The lowest BCUT2D eigenvalue weighted by Crippen LogP contribution is -2.29. The predicted molar refractivity (Wildman–Crippen MR) is 124 cm³/mol. The number of carbonyl (C=O) groups excluding carboxylic acids is 1.